The predicted molar refractivity (Wildman–Crippen MR) is 202 cm³/mol. The molecular formula is C44H36N2OS. The number of imidazole rings is 1. The number of nitrogens with zero attached hydrogens (tertiary/aromatic N) is 2. The highest BCUT2D eigenvalue weighted by atomic mass is 32.1. The first-order valence-electron chi connectivity index (χ1n) is 24.1. The molecule has 6 aromatic carbocycles. The Bertz CT molecular complexity index is 3260. The molecule has 3 heterocycles. The highest BCUT2D eigenvalue weighted by Crippen LogP contribution is 2.52. The number of hydrogen-bond donors (Lipinski definition) is 0. The number of ether oxygens (including phenoxy) is 1. The second-order valence-corrected chi connectivity index (χ2v) is 12.9. The molecule has 0 aliphatic carbocycles. The van der Waals surface area contributed by atoms with E-state index < -0.39 is 57.8 Å². The quantitative estimate of drug-likeness (QED) is 0.189. The summed E-state index contributed by atoms with van der Waals surface area (Å²) in [5.74, 6) is -0.567. The average molecular weight is 659 g/mol. The smallest absolute Gasteiger partial charge is 0.195 e. The van der Waals surface area contributed by atoms with Crippen LogP contribution >= 0.6 is 11.3 Å². The van der Waals surface area contributed by atoms with Crippen molar-refractivity contribution in [2.24, 2.45) is 0 Å². The lowest BCUT2D eigenvalue weighted by molar-refractivity contribution is 0.419. The number of hydrogen-bond acceptors (Lipinski definition) is 3. The summed E-state index contributed by atoms with van der Waals surface area (Å²) >= 11 is 1.23. The van der Waals surface area contributed by atoms with Gasteiger partial charge in [-0.05, 0) is 108 Å². The minimum atomic E-state index is -3.27. The standard InChI is InChI=1S/C44H36N2OS/c1-25-15-19-29(39-27(3)17-21-34-41(39)47-38-14-10-7-11-33(38)44(34,5)6)23-31(25)32-24-30(20-16-26(32)2)40-28(4)18-22-37-42(40)48-43-45-35-12-8-9-13-36(35)46(37)43/h7-24H,1-6H3/i1D3,2D3,3D3,4D3,5D3,6D3. The average Bonchev–Trinajstić information content (AvgIpc) is 3.75. The second kappa shape index (κ2) is 10.4. The molecule has 0 N–H and O–H groups in total. The molecule has 0 unspecified atom stereocenters. The lowest BCUT2D eigenvalue weighted by atomic mass is 9.74. The molecule has 0 spiro atoms. The Morgan fingerprint density at radius 3 is 2.08 bits per heavy atom. The number of aromatic nitrogens is 2. The van der Waals surface area contributed by atoms with Crippen LogP contribution in [0, 0.1) is 27.4 Å². The van der Waals surface area contributed by atoms with E-state index in [1.165, 1.54) is 78.1 Å². The minimum Gasteiger partial charge on any atom is -0.456 e. The molecule has 8 aromatic rings. The van der Waals surface area contributed by atoms with Crippen LogP contribution in [0.1, 0.15) is 71.8 Å². The van der Waals surface area contributed by atoms with E-state index in [2.05, 4.69) is 0 Å². The van der Waals surface area contributed by atoms with Gasteiger partial charge in [-0.1, -0.05) is 97.8 Å². The number of benzene rings is 6. The minimum absolute atomic E-state index is 0.0659. The number of para-hydroxylation sites is 3. The van der Waals surface area contributed by atoms with Gasteiger partial charge in [0.25, 0.3) is 0 Å². The van der Waals surface area contributed by atoms with Crippen molar-refractivity contribution in [3.8, 4) is 44.9 Å². The predicted octanol–water partition coefficient (Wildman–Crippen LogP) is 12.4. The van der Waals surface area contributed by atoms with E-state index in [1.807, 2.05) is 28.7 Å². The van der Waals surface area contributed by atoms with Gasteiger partial charge >= 0.3 is 0 Å². The molecule has 48 heavy (non-hydrogen) atoms. The topological polar surface area (TPSA) is 26.5 Å². The molecule has 0 radical (unpaired) electrons. The van der Waals surface area contributed by atoms with E-state index in [9.17, 15) is 0 Å². The van der Waals surface area contributed by atoms with E-state index in [0.29, 0.717) is 20.7 Å². The summed E-state index contributed by atoms with van der Waals surface area (Å²) in [5, 5.41) is 0. The van der Waals surface area contributed by atoms with Gasteiger partial charge in [0.2, 0.25) is 0 Å². The Labute approximate surface area is 310 Å². The number of fused-ring (bicyclic) bond motifs is 7. The highest BCUT2D eigenvalue weighted by molar-refractivity contribution is 7.24. The third kappa shape index (κ3) is 4.15. The first-order valence-corrected chi connectivity index (χ1v) is 16.0. The summed E-state index contributed by atoms with van der Waals surface area (Å²) in [7, 11) is 0. The molecular weight excluding hydrogens is 605 g/mol. The molecule has 234 valence electrons. The van der Waals surface area contributed by atoms with Crippen molar-refractivity contribution in [1.82, 2.24) is 9.38 Å². The summed E-state index contributed by atoms with van der Waals surface area (Å²) in [6, 6.07) is 26.4. The van der Waals surface area contributed by atoms with Crippen molar-refractivity contribution in [1.29, 1.82) is 0 Å². The van der Waals surface area contributed by atoms with Crippen molar-refractivity contribution >= 4 is 37.5 Å². The Morgan fingerprint density at radius 1 is 0.646 bits per heavy atom. The normalized spacial score (nSPS) is 20.7. The summed E-state index contributed by atoms with van der Waals surface area (Å²) in [4.78, 5) is 5.33. The molecule has 1 aliphatic rings. The Balaban J connectivity index is 1.38. The summed E-state index contributed by atoms with van der Waals surface area (Å²) in [6.07, 6.45) is 0. The van der Waals surface area contributed by atoms with Gasteiger partial charge in [0, 0.05) is 52.3 Å². The van der Waals surface area contributed by atoms with Crippen LogP contribution in [0.2, 0.25) is 0 Å². The van der Waals surface area contributed by atoms with Gasteiger partial charge in [-0.3, -0.25) is 4.40 Å². The molecule has 0 amide bonds. The van der Waals surface area contributed by atoms with Crippen LogP contribution in [0.3, 0.4) is 0 Å². The zero-order valence-electron chi connectivity index (χ0n) is 43.1. The van der Waals surface area contributed by atoms with Gasteiger partial charge in [0.05, 0.1) is 21.3 Å². The van der Waals surface area contributed by atoms with Crippen LogP contribution < -0.4 is 4.74 Å². The van der Waals surface area contributed by atoms with Gasteiger partial charge < -0.3 is 4.74 Å². The van der Waals surface area contributed by atoms with Crippen molar-refractivity contribution in [2.45, 2.75) is 46.5 Å². The van der Waals surface area contributed by atoms with Gasteiger partial charge in [0.15, 0.2) is 4.96 Å². The first kappa shape index (κ1) is 15.8. The van der Waals surface area contributed by atoms with Crippen molar-refractivity contribution < 1.29 is 29.4 Å². The van der Waals surface area contributed by atoms with E-state index in [1.54, 1.807) is 6.07 Å². The van der Waals surface area contributed by atoms with Crippen molar-refractivity contribution in [3.05, 3.63) is 143 Å². The third-order valence-electron chi connectivity index (χ3n) is 9.07. The molecule has 4 heteroatoms. The fourth-order valence-electron chi connectivity index (χ4n) is 6.77. The Kier molecular flexibility index (Phi) is 3.43. The summed E-state index contributed by atoms with van der Waals surface area (Å²) in [5.41, 5.74) is -2.53. The van der Waals surface area contributed by atoms with Crippen LogP contribution in [0.4, 0.5) is 0 Å². The monoisotopic (exact) mass is 658 g/mol. The van der Waals surface area contributed by atoms with Gasteiger partial charge in [-0.25, -0.2) is 4.98 Å². The van der Waals surface area contributed by atoms with Gasteiger partial charge in [-0.15, -0.1) is 0 Å². The maximum absolute atomic E-state index is 8.77. The fraction of sp³-hybridized carbons (Fsp3) is 0.159. The summed E-state index contributed by atoms with van der Waals surface area (Å²) in [6.45, 7) is -18.0. The molecule has 1 aliphatic heterocycles. The number of thiazole rings is 1. The number of rotatable bonds is 3. The largest absolute Gasteiger partial charge is 0.456 e. The van der Waals surface area contributed by atoms with Crippen molar-refractivity contribution in [3.63, 3.8) is 0 Å². The lowest BCUT2D eigenvalue weighted by Crippen LogP contribution is -2.24. The van der Waals surface area contributed by atoms with Crippen LogP contribution in [0.15, 0.2) is 109 Å². The van der Waals surface area contributed by atoms with Crippen molar-refractivity contribution in [2.75, 3.05) is 0 Å². The van der Waals surface area contributed by atoms with Crippen LogP contribution in [0.25, 0.3) is 59.6 Å². The third-order valence-corrected chi connectivity index (χ3v) is 10.1. The lowest BCUT2D eigenvalue weighted by Gasteiger charge is -2.36. The highest BCUT2D eigenvalue weighted by Gasteiger charge is 2.36. The Morgan fingerprint density at radius 2 is 1.31 bits per heavy atom. The first-order chi connectivity index (χ1) is 30.5. The molecule has 0 saturated carbocycles. The van der Waals surface area contributed by atoms with E-state index in [0.717, 1.165) is 17.6 Å². The molecule has 0 atom stereocenters. The van der Waals surface area contributed by atoms with E-state index in [4.69, 9.17) is 34.4 Å². The second-order valence-electron chi connectivity index (χ2n) is 11.9. The van der Waals surface area contributed by atoms with Crippen LogP contribution in [-0.4, -0.2) is 9.38 Å². The zero-order valence-corrected chi connectivity index (χ0v) is 25.9. The van der Waals surface area contributed by atoms with E-state index >= 15 is 0 Å². The van der Waals surface area contributed by atoms with Gasteiger partial charge in [0.1, 0.15) is 11.5 Å². The molecule has 2 aromatic heterocycles. The molecule has 0 saturated heterocycles. The molecule has 9 rings (SSSR count). The molecule has 3 nitrogen and oxygen atoms in total. The molecule has 0 bridgehead atoms. The zero-order chi connectivity index (χ0) is 47.9. The number of aryl methyl sites for hydroxylation is 4. The molecule has 0 fully saturated rings. The van der Waals surface area contributed by atoms with E-state index in [-0.39, 0.29) is 66.9 Å². The SMILES string of the molecule is [2H]C([2H])([2H])c1ccc(-c2c(C([2H])([2H])[2H])ccc3c2Oc2ccccc2C3(C([2H])([2H])[2H])C([2H])([2H])[2H])cc1-c1cc(-c2c(C([2H])([2H])[2H])ccc3c2sc2nc4ccccc4n23)ccc1C([2H])([2H])[2H]. The van der Waals surface area contributed by atoms with Gasteiger partial charge in [-0.2, -0.15) is 0 Å². The summed E-state index contributed by atoms with van der Waals surface area (Å²) < 4.78 is 165. The Hall–Kier alpha value is -5.19. The fourth-order valence-corrected chi connectivity index (χ4v) is 7.98. The maximum atomic E-state index is 8.77. The maximum Gasteiger partial charge on any atom is 0.195 e. The van der Waals surface area contributed by atoms with Crippen LogP contribution in [0.5, 0.6) is 11.5 Å². The van der Waals surface area contributed by atoms with Crippen LogP contribution in [-0.2, 0) is 5.41 Å².